The van der Waals surface area contributed by atoms with E-state index in [0.29, 0.717) is 13.2 Å². The summed E-state index contributed by atoms with van der Waals surface area (Å²) in [4.78, 5) is 22.0. The molecule has 3 atom stereocenters. The number of hydrogen-bond donors (Lipinski definition) is 4. The Morgan fingerprint density at radius 1 is 1.47 bits per heavy atom. The van der Waals surface area contributed by atoms with Gasteiger partial charge >= 0.3 is 5.97 Å². The van der Waals surface area contributed by atoms with E-state index in [-0.39, 0.29) is 30.8 Å². The van der Waals surface area contributed by atoms with Gasteiger partial charge in [-0.1, -0.05) is 0 Å². The third-order valence-electron chi connectivity index (χ3n) is 2.79. The highest BCUT2D eigenvalue weighted by Gasteiger charge is 2.32. The molecule has 98 valence electrons. The average molecular weight is 246 g/mol. The average Bonchev–Trinajstić information content (AvgIpc) is 2.76. The lowest BCUT2D eigenvalue weighted by Gasteiger charge is -2.16. The second-order valence-corrected chi connectivity index (χ2v) is 3.97. The highest BCUT2D eigenvalue weighted by atomic mass is 16.5. The van der Waals surface area contributed by atoms with Crippen molar-refractivity contribution < 1.29 is 24.5 Å². The van der Waals surface area contributed by atoms with Crippen molar-refractivity contribution >= 4 is 11.9 Å². The van der Waals surface area contributed by atoms with Gasteiger partial charge in [-0.05, 0) is 7.05 Å². The molecule has 1 aliphatic heterocycles. The number of aliphatic hydroxyl groups excluding tert-OH is 1. The molecule has 0 bridgehead atoms. The van der Waals surface area contributed by atoms with Crippen LogP contribution in [0, 0.1) is 5.92 Å². The number of carbonyl (C=O) groups excluding carboxylic acids is 1. The number of hydrogen-bond acceptors (Lipinski definition) is 5. The van der Waals surface area contributed by atoms with Crippen molar-refractivity contribution in [1.29, 1.82) is 0 Å². The van der Waals surface area contributed by atoms with Gasteiger partial charge in [-0.25, -0.2) is 4.79 Å². The van der Waals surface area contributed by atoms with Crippen molar-refractivity contribution in [1.82, 2.24) is 10.6 Å². The Kier molecular flexibility index (Phi) is 5.33. The quantitative estimate of drug-likeness (QED) is 0.439. The molecule has 0 saturated carbocycles. The monoisotopic (exact) mass is 246 g/mol. The van der Waals surface area contributed by atoms with Gasteiger partial charge in [-0.3, -0.25) is 4.79 Å². The molecule has 1 saturated heterocycles. The minimum Gasteiger partial charge on any atom is -0.479 e. The molecule has 4 N–H and O–H groups in total. The van der Waals surface area contributed by atoms with E-state index in [1.165, 1.54) is 0 Å². The number of carboxylic acids is 1. The van der Waals surface area contributed by atoms with Gasteiger partial charge in [0.25, 0.3) is 0 Å². The van der Waals surface area contributed by atoms with E-state index in [1.54, 1.807) is 7.05 Å². The van der Waals surface area contributed by atoms with Crippen LogP contribution in [0.1, 0.15) is 6.42 Å². The first-order chi connectivity index (χ1) is 8.06. The summed E-state index contributed by atoms with van der Waals surface area (Å²) in [5.41, 5.74) is 0. The standard InChI is InChI=1S/C10H18N2O5/c1-11-7-5-17-4-6(7)9(14)12-3-2-8(13)10(15)16/h6-8,11,13H,2-5H2,1H3,(H,12,14)(H,15,16)/t6?,7?,8-/m0/s1. The zero-order chi connectivity index (χ0) is 12.8. The maximum atomic E-state index is 11.7. The summed E-state index contributed by atoms with van der Waals surface area (Å²) in [6.07, 6.45) is -1.44. The van der Waals surface area contributed by atoms with Crippen LogP contribution in [0.3, 0.4) is 0 Å². The number of aliphatic carboxylic acids is 1. The van der Waals surface area contributed by atoms with Crippen LogP contribution >= 0.6 is 0 Å². The van der Waals surface area contributed by atoms with E-state index >= 15 is 0 Å². The van der Waals surface area contributed by atoms with Gasteiger partial charge in [0.05, 0.1) is 19.1 Å². The predicted octanol–water partition coefficient (Wildman–Crippen LogP) is -1.83. The Morgan fingerprint density at radius 3 is 2.76 bits per heavy atom. The van der Waals surface area contributed by atoms with Gasteiger partial charge in [0.15, 0.2) is 6.10 Å². The number of amides is 1. The fourth-order valence-electron chi connectivity index (χ4n) is 1.68. The molecule has 1 fully saturated rings. The molecular formula is C10H18N2O5. The second-order valence-electron chi connectivity index (χ2n) is 3.97. The molecular weight excluding hydrogens is 228 g/mol. The zero-order valence-corrected chi connectivity index (χ0v) is 9.68. The predicted molar refractivity (Wildman–Crippen MR) is 58.4 cm³/mol. The summed E-state index contributed by atoms with van der Waals surface area (Å²) in [6, 6.07) is -0.0144. The van der Waals surface area contributed by atoms with Gasteiger partial charge < -0.3 is 25.6 Å². The molecule has 0 aromatic rings. The van der Waals surface area contributed by atoms with Crippen LogP contribution in [0.25, 0.3) is 0 Å². The van der Waals surface area contributed by atoms with E-state index in [0.717, 1.165) is 0 Å². The number of carbonyl (C=O) groups is 2. The largest absolute Gasteiger partial charge is 0.479 e. The van der Waals surface area contributed by atoms with Crippen molar-refractivity contribution in [3.8, 4) is 0 Å². The summed E-state index contributed by atoms with van der Waals surface area (Å²) in [6.45, 7) is 0.990. The van der Waals surface area contributed by atoms with Crippen LogP contribution in [0.4, 0.5) is 0 Å². The van der Waals surface area contributed by atoms with Crippen LogP contribution < -0.4 is 10.6 Å². The molecule has 0 spiro atoms. The first-order valence-corrected chi connectivity index (χ1v) is 5.50. The fourth-order valence-corrected chi connectivity index (χ4v) is 1.68. The number of aliphatic hydroxyl groups is 1. The fraction of sp³-hybridized carbons (Fsp3) is 0.800. The molecule has 0 aromatic heterocycles. The SMILES string of the molecule is CNC1COCC1C(=O)NCC[C@H](O)C(=O)O. The molecule has 17 heavy (non-hydrogen) atoms. The van der Waals surface area contributed by atoms with E-state index in [9.17, 15) is 9.59 Å². The highest BCUT2D eigenvalue weighted by Crippen LogP contribution is 2.13. The lowest BCUT2D eigenvalue weighted by Crippen LogP contribution is -2.43. The van der Waals surface area contributed by atoms with Crippen molar-refractivity contribution in [2.75, 3.05) is 26.8 Å². The molecule has 0 aliphatic carbocycles. The summed E-state index contributed by atoms with van der Waals surface area (Å²) >= 11 is 0. The van der Waals surface area contributed by atoms with E-state index in [2.05, 4.69) is 10.6 Å². The first-order valence-electron chi connectivity index (χ1n) is 5.50. The van der Waals surface area contributed by atoms with Crippen LogP contribution in [0.5, 0.6) is 0 Å². The third kappa shape index (κ3) is 3.95. The molecule has 7 nitrogen and oxygen atoms in total. The third-order valence-corrected chi connectivity index (χ3v) is 2.79. The minimum atomic E-state index is -1.43. The topological polar surface area (TPSA) is 108 Å². The highest BCUT2D eigenvalue weighted by molar-refractivity contribution is 5.80. The number of ether oxygens (including phenoxy) is 1. The summed E-state index contributed by atoms with van der Waals surface area (Å²) in [7, 11) is 1.76. The summed E-state index contributed by atoms with van der Waals surface area (Å²) < 4.78 is 5.18. The molecule has 2 unspecified atom stereocenters. The van der Waals surface area contributed by atoms with Crippen molar-refractivity contribution in [2.24, 2.45) is 5.92 Å². The Morgan fingerprint density at radius 2 is 2.18 bits per heavy atom. The van der Waals surface area contributed by atoms with Crippen LogP contribution in [0.15, 0.2) is 0 Å². The lowest BCUT2D eigenvalue weighted by atomic mass is 10.0. The molecule has 0 aromatic carbocycles. The van der Waals surface area contributed by atoms with Gasteiger partial charge in [0.2, 0.25) is 5.91 Å². The molecule has 0 radical (unpaired) electrons. The van der Waals surface area contributed by atoms with Crippen molar-refractivity contribution in [3.63, 3.8) is 0 Å². The maximum absolute atomic E-state index is 11.7. The Bertz CT molecular complexity index is 284. The van der Waals surface area contributed by atoms with Crippen molar-refractivity contribution in [2.45, 2.75) is 18.6 Å². The van der Waals surface area contributed by atoms with E-state index in [1.807, 2.05) is 0 Å². The van der Waals surface area contributed by atoms with Crippen LogP contribution in [0.2, 0.25) is 0 Å². The smallest absolute Gasteiger partial charge is 0.332 e. The molecule has 1 amide bonds. The van der Waals surface area contributed by atoms with Crippen LogP contribution in [-0.2, 0) is 14.3 Å². The minimum absolute atomic E-state index is 0.00112. The molecule has 1 aliphatic rings. The number of likely N-dealkylation sites (N-methyl/N-ethyl adjacent to an activating group) is 1. The van der Waals surface area contributed by atoms with Gasteiger partial charge in [0.1, 0.15) is 0 Å². The van der Waals surface area contributed by atoms with Gasteiger partial charge in [0, 0.05) is 19.0 Å². The molecule has 1 rings (SSSR count). The van der Waals surface area contributed by atoms with Crippen LogP contribution in [-0.4, -0.2) is 61.0 Å². The van der Waals surface area contributed by atoms with E-state index in [4.69, 9.17) is 14.9 Å². The maximum Gasteiger partial charge on any atom is 0.332 e. The lowest BCUT2D eigenvalue weighted by molar-refractivity contribution is -0.147. The molecule has 1 heterocycles. The van der Waals surface area contributed by atoms with E-state index < -0.39 is 12.1 Å². The zero-order valence-electron chi connectivity index (χ0n) is 9.68. The normalized spacial score (nSPS) is 25.5. The Labute approximate surface area is 99.1 Å². The second kappa shape index (κ2) is 6.53. The molecule has 7 heteroatoms. The summed E-state index contributed by atoms with van der Waals surface area (Å²) in [5, 5.41) is 23.0. The summed E-state index contributed by atoms with van der Waals surface area (Å²) in [5.74, 6) is -1.72. The Hall–Kier alpha value is -1.18. The van der Waals surface area contributed by atoms with Crippen molar-refractivity contribution in [3.05, 3.63) is 0 Å². The van der Waals surface area contributed by atoms with Gasteiger partial charge in [-0.2, -0.15) is 0 Å². The van der Waals surface area contributed by atoms with Gasteiger partial charge in [-0.15, -0.1) is 0 Å². The number of carboxylic acid groups (broad SMARTS) is 1. The Balaban J connectivity index is 2.27. The first kappa shape index (κ1) is 13.9. The number of nitrogens with one attached hydrogen (secondary N) is 2. The number of rotatable bonds is 6.